The van der Waals surface area contributed by atoms with Crippen molar-refractivity contribution in [3.8, 4) is 0 Å². The number of aromatic nitrogens is 1. The van der Waals surface area contributed by atoms with E-state index in [0.717, 1.165) is 25.2 Å². The van der Waals surface area contributed by atoms with Crippen LogP contribution >= 0.6 is 11.3 Å². The number of thiazole rings is 1. The SMILES string of the molecule is CC(c1nc2ccccc2s1)N1CCC(CN)C1. The molecule has 96 valence electrons. The van der Waals surface area contributed by atoms with Gasteiger partial charge in [-0.1, -0.05) is 12.1 Å². The van der Waals surface area contributed by atoms with E-state index in [9.17, 15) is 0 Å². The predicted octanol–water partition coefficient (Wildman–Crippen LogP) is 2.64. The summed E-state index contributed by atoms with van der Waals surface area (Å²) in [6, 6.07) is 8.79. The predicted molar refractivity (Wildman–Crippen MR) is 76.8 cm³/mol. The number of likely N-dealkylation sites (tertiary alicyclic amines) is 1. The molecule has 18 heavy (non-hydrogen) atoms. The minimum absolute atomic E-state index is 0.416. The van der Waals surface area contributed by atoms with Crippen molar-refractivity contribution in [3.63, 3.8) is 0 Å². The van der Waals surface area contributed by atoms with Crippen molar-refractivity contribution in [1.29, 1.82) is 0 Å². The molecule has 0 spiro atoms. The Hall–Kier alpha value is -0.970. The molecule has 2 heterocycles. The molecular weight excluding hydrogens is 242 g/mol. The average molecular weight is 261 g/mol. The highest BCUT2D eigenvalue weighted by Gasteiger charge is 2.27. The zero-order chi connectivity index (χ0) is 12.5. The van der Waals surface area contributed by atoms with Crippen LogP contribution in [-0.2, 0) is 0 Å². The highest BCUT2D eigenvalue weighted by atomic mass is 32.1. The van der Waals surface area contributed by atoms with Crippen LogP contribution < -0.4 is 5.73 Å². The summed E-state index contributed by atoms with van der Waals surface area (Å²) in [5.41, 5.74) is 6.88. The molecule has 1 aromatic heterocycles. The highest BCUT2D eigenvalue weighted by molar-refractivity contribution is 7.18. The van der Waals surface area contributed by atoms with Gasteiger partial charge in [0.25, 0.3) is 0 Å². The van der Waals surface area contributed by atoms with Gasteiger partial charge in [0.05, 0.1) is 16.3 Å². The Morgan fingerprint density at radius 3 is 3.06 bits per heavy atom. The quantitative estimate of drug-likeness (QED) is 0.923. The molecule has 1 saturated heterocycles. The van der Waals surface area contributed by atoms with E-state index in [1.807, 2.05) is 11.3 Å². The maximum Gasteiger partial charge on any atom is 0.111 e. The minimum atomic E-state index is 0.416. The van der Waals surface area contributed by atoms with Gasteiger partial charge in [-0.15, -0.1) is 11.3 Å². The van der Waals surface area contributed by atoms with E-state index in [1.54, 1.807) is 0 Å². The number of hydrogen-bond donors (Lipinski definition) is 1. The molecule has 0 saturated carbocycles. The van der Waals surface area contributed by atoms with Crippen LogP contribution in [0.5, 0.6) is 0 Å². The number of para-hydroxylation sites is 1. The molecule has 3 nitrogen and oxygen atoms in total. The van der Waals surface area contributed by atoms with Crippen LogP contribution in [0.3, 0.4) is 0 Å². The van der Waals surface area contributed by atoms with Crippen molar-refractivity contribution in [3.05, 3.63) is 29.3 Å². The molecule has 2 N–H and O–H groups in total. The Bertz CT molecular complexity index is 504. The molecule has 0 bridgehead atoms. The molecule has 1 aromatic carbocycles. The maximum absolute atomic E-state index is 5.76. The number of nitrogens with two attached hydrogens (primary N) is 1. The molecule has 1 aliphatic rings. The largest absolute Gasteiger partial charge is 0.330 e. The zero-order valence-electron chi connectivity index (χ0n) is 10.7. The first-order valence-electron chi connectivity index (χ1n) is 6.57. The molecule has 3 rings (SSSR count). The Kier molecular flexibility index (Phi) is 3.33. The third-order valence-electron chi connectivity index (χ3n) is 3.87. The monoisotopic (exact) mass is 261 g/mol. The molecule has 0 radical (unpaired) electrons. The van der Waals surface area contributed by atoms with Crippen LogP contribution in [-0.4, -0.2) is 29.5 Å². The van der Waals surface area contributed by atoms with E-state index >= 15 is 0 Å². The maximum atomic E-state index is 5.76. The number of rotatable bonds is 3. The molecule has 2 atom stereocenters. The van der Waals surface area contributed by atoms with Gasteiger partial charge in [0.15, 0.2) is 0 Å². The molecule has 1 aliphatic heterocycles. The first kappa shape index (κ1) is 12.1. The van der Waals surface area contributed by atoms with Crippen molar-refractivity contribution < 1.29 is 0 Å². The fourth-order valence-corrected chi connectivity index (χ4v) is 3.69. The van der Waals surface area contributed by atoms with Gasteiger partial charge in [0.1, 0.15) is 5.01 Å². The number of hydrogen-bond acceptors (Lipinski definition) is 4. The Morgan fingerprint density at radius 1 is 1.50 bits per heavy atom. The summed E-state index contributed by atoms with van der Waals surface area (Å²) in [6.45, 7) is 5.34. The van der Waals surface area contributed by atoms with Crippen LogP contribution in [0.15, 0.2) is 24.3 Å². The van der Waals surface area contributed by atoms with Crippen LogP contribution in [0.2, 0.25) is 0 Å². The molecular formula is C14H19N3S. The van der Waals surface area contributed by atoms with Gasteiger partial charge in [-0.3, -0.25) is 4.90 Å². The normalized spacial score (nSPS) is 22.7. The first-order valence-corrected chi connectivity index (χ1v) is 7.39. The molecule has 2 aromatic rings. The zero-order valence-corrected chi connectivity index (χ0v) is 11.5. The lowest BCUT2D eigenvalue weighted by Gasteiger charge is -2.22. The summed E-state index contributed by atoms with van der Waals surface area (Å²) in [5, 5.41) is 1.23. The molecule has 0 aliphatic carbocycles. The second-order valence-electron chi connectivity index (χ2n) is 5.08. The van der Waals surface area contributed by atoms with Crippen molar-refractivity contribution in [2.45, 2.75) is 19.4 Å². The van der Waals surface area contributed by atoms with Crippen LogP contribution in [0.1, 0.15) is 24.4 Å². The van der Waals surface area contributed by atoms with E-state index in [2.05, 4.69) is 36.1 Å². The van der Waals surface area contributed by atoms with Crippen LogP contribution in [0.25, 0.3) is 10.2 Å². The molecule has 2 unspecified atom stereocenters. The van der Waals surface area contributed by atoms with Crippen molar-refractivity contribution in [2.75, 3.05) is 19.6 Å². The average Bonchev–Trinajstić information content (AvgIpc) is 3.04. The summed E-state index contributed by atoms with van der Waals surface area (Å²) in [4.78, 5) is 7.26. The Labute approximate surface area is 112 Å². The van der Waals surface area contributed by atoms with E-state index in [0.29, 0.717) is 12.0 Å². The summed E-state index contributed by atoms with van der Waals surface area (Å²) in [5.74, 6) is 0.668. The van der Waals surface area contributed by atoms with Gasteiger partial charge in [-0.2, -0.15) is 0 Å². The van der Waals surface area contributed by atoms with Gasteiger partial charge >= 0.3 is 0 Å². The lowest BCUT2D eigenvalue weighted by molar-refractivity contribution is 0.253. The van der Waals surface area contributed by atoms with E-state index in [1.165, 1.54) is 16.1 Å². The van der Waals surface area contributed by atoms with E-state index < -0.39 is 0 Å². The van der Waals surface area contributed by atoms with Gasteiger partial charge in [0.2, 0.25) is 0 Å². The molecule has 1 fully saturated rings. The Balaban J connectivity index is 1.81. The molecule has 0 amide bonds. The Morgan fingerprint density at radius 2 is 2.33 bits per heavy atom. The van der Waals surface area contributed by atoms with Crippen molar-refractivity contribution in [1.82, 2.24) is 9.88 Å². The fraction of sp³-hybridized carbons (Fsp3) is 0.500. The van der Waals surface area contributed by atoms with Crippen molar-refractivity contribution >= 4 is 21.6 Å². The first-order chi connectivity index (χ1) is 8.78. The highest BCUT2D eigenvalue weighted by Crippen LogP contribution is 2.32. The lowest BCUT2D eigenvalue weighted by Crippen LogP contribution is -2.26. The minimum Gasteiger partial charge on any atom is -0.330 e. The number of fused-ring (bicyclic) bond motifs is 1. The molecule has 4 heteroatoms. The summed E-state index contributed by atoms with van der Waals surface area (Å²) in [6.07, 6.45) is 1.23. The third kappa shape index (κ3) is 2.16. The van der Waals surface area contributed by atoms with Gasteiger partial charge in [0, 0.05) is 6.54 Å². The number of benzene rings is 1. The fourth-order valence-electron chi connectivity index (χ4n) is 2.63. The van der Waals surface area contributed by atoms with Crippen LogP contribution in [0, 0.1) is 5.92 Å². The van der Waals surface area contributed by atoms with Crippen molar-refractivity contribution in [2.24, 2.45) is 11.7 Å². The number of nitrogens with zero attached hydrogens (tertiary/aromatic N) is 2. The standard InChI is InChI=1S/C14H19N3S/c1-10(17-7-6-11(8-15)9-17)14-16-12-4-2-3-5-13(12)18-14/h2-5,10-11H,6-9,15H2,1H3. The summed E-state index contributed by atoms with van der Waals surface area (Å²) >= 11 is 1.82. The van der Waals surface area contributed by atoms with Crippen LogP contribution in [0.4, 0.5) is 0 Å². The third-order valence-corrected chi connectivity index (χ3v) is 5.07. The summed E-state index contributed by atoms with van der Waals surface area (Å²) < 4.78 is 1.29. The van der Waals surface area contributed by atoms with E-state index in [4.69, 9.17) is 10.7 Å². The van der Waals surface area contributed by atoms with Gasteiger partial charge < -0.3 is 5.73 Å². The smallest absolute Gasteiger partial charge is 0.111 e. The van der Waals surface area contributed by atoms with Gasteiger partial charge in [-0.05, 0) is 44.5 Å². The second kappa shape index (κ2) is 4.96. The van der Waals surface area contributed by atoms with E-state index in [-0.39, 0.29) is 0 Å². The topological polar surface area (TPSA) is 42.2 Å². The van der Waals surface area contributed by atoms with Gasteiger partial charge in [-0.25, -0.2) is 4.98 Å². The lowest BCUT2D eigenvalue weighted by atomic mass is 10.1. The summed E-state index contributed by atoms with van der Waals surface area (Å²) in [7, 11) is 0. The second-order valence-corrected chi connectivity index (χ2v) is 6.14.